The summed E-state index contributed by atoms with van der Waals surface area (Å²) < 4.78 is 24.1. The Morgan fingerprint density at radius 1 is 0.912 bits per heavy atom. The smallest absolute Gasteiger partial charge is 0.260 e. The van der Waals surface area contributed by atoms with Crippen LogP contribution in [0.2, 0.25) is 0 Å². The SMILES string of the molecule is O=C(COc1ccc(/C(Cc2ccccc2)=N/OCc2ccc(F)cc2)cc1)N1CCOCC1. The Kier molecular flexibility index (Phi) is 8.24. The minimum absolute atomic E-state index is 0.00884. The summed E-state index contributed by atoms with van der Waals surface area (Å²) in [6.45, 7) is 2.55. The highest BCUT2D eigenvalue weighted by Gasteiger charge is 2.17. The van der Waals surface area contributed by atoms with Gasteiger partial charge in [-0.1, -0.05) is 47.6 Å². The van der Waals surface area contributed by atoms with Crippen molar-refractivity contribution in [1.82, 2.24) is 4.90 Å². The molecule has 0 spiro atoms. The minimum Gasteiger partial charge on any atom is -0.484 e. The molecule has 0 N–H and O–H groups in total. The van der Waals surface area contributed by atoms with E-state index in [9.17, 15) is 9.18 Å². The number of carbonyl (C=O) groups is 1. The molecule has 34 heavy (non-hydrogen) atoms. The van der Waals surface area contributed by atoms with Crippen molar-refractivity contribution in [3.05, 3.63) is 101 Å². The lowest BCUT2D eigenvalue weighted by Crippen LogP contribution is -2.42. The average molecular weight is 463 g/mol. The summed E-state index contributed by atoms with van der Waals surface area (Å²) in [6, 6.07) is 23.6. The molecule has 0 aromatic heterocycles. The summed E-state index contributed by atoms with van der Waals surface area (Å²) in [5.41, 5.74) is 3.57. The van der Waals surface area contributed by atoms with Crippen molar-refractivity contribution >= 4 is 11.6 Å². The van der Waals surface area contributed by atoms with Crippen molar-refractivity contribution < 1.29 is 23.5 Å². The van der Waals surface area contributed by atoms with Crippen LogP contribution in [-0.2, 0) is 27.4 Å². The van der Waals surface area contributed by atoms with Gasteiger partial charge in [-0.3, -0.25) is 4.79 Å². The van der Waals surface area contributed by atoms with Gasteiger partial charge in [0.25, 0.3) is 5.91 Å². The normalized spacial score (nSPS) is 14.0. The van der Waals surface area contributed by atoms with Gasteiger partial charge in [0, 0.05) is 19.5 Å². The Hall–Kier alpha value is -3.71. The largest absolute Gasteiger partial charge is 0.484 e. The van der Waals surface area contributed by atoms with Crippen LogP contribution >= 0.6 is 0 Å². The molecule has 0 atom stereocenters. The zero-order valence-corrected chi connectivity index (χ0v) is 18.9. The van der Waals surface area contributed by atoms with E-state index in [4.69, 9.17) is 14.3 Å². The molecule has 0 saturated carbocycles. The van der Waals surface area contributed by atoms with Crippen molar-refractivity contribution in [3.8, 4) is 5.75 Å². The number of hydrogen-bond donors (Lipinski definition) is 0. The number of benzene rings is 3. The fourth-order valence-corrected chi connectivity index (χ4v) is 3.53. The fraction of sp³-hybridized carbons (Fsp3) is 0.259. The summed E-state index contributed by atoms with van der Waals surface area (Å²) >= 11 is 0. The number of morpholine rings is 1. The molecular weight excluding hydrogens is 435 g/mol. The van der Waals surface area contributed by atoms with E-state index in [1.807, 2.05) is 54.6 Å². The highest BCUT2D eigenvalue weighted by atomic mass is 19.1. The monoisotopic (exact) mass is 462 g/mol. The van der Waals surface area contributed by atoms with Gasteiger partial charge in [0.2, 0.25) is 0 Å². The van der Waals surface area contributed by atoms with Crippen molar-refractivity contribution in [3.63, 3.8) is 0 Å². The molecule has 4 rings (SSSR count). The number of carbonyl (C=O) groups excluding carboxylic acids is 1. The summed E-state index contributed by atoms with van der Waals surface area (Å²) in [5, 5.41) is 4.38. The maximum Gasteiger partial charge on any atom is 0.260 e. The third-order valence-corrected chi connectivity index (χ3v) is 5.45. The molecule has 1 aliphatic rings. The Bertz CT molecular complexity index is 1080. The van der Waals surface area contributed by atoms with E-state index in [1.54, 1.807) is 17.0 Å². The van der Waals surface area contributed by atoms with Crippen LogP contribution in [0.5, 0.6) is 5.75 Å². The number of amides is 1. The van der Waals surface area contributed by atoms with Gasteiger partial charge in [-0.2, -0.15) is 0 Å². The zero-order valence-electron chi connectivity index (χ0n) is 18.9. The van der Waals surface area contributed by atoms with E-state index in [0.717, 1.165) is 22.4 Å². The van der Waals surface area contributed by atoms with Crippen LogP contribution in [0.3, 0.4) is 0 Å². The van der Waals surface area contributed by atoms with E-state index in [1.165, 1.54) is 12.1 Å². The fourth-order valence-electron chi connectivity index (χ4n) is 3.53. The topological polar surface area (TPSA) is 60.4 Å². The third-order valence-electron chi connectivity index (χ3n) is 5.45. The summed E-state index contributed by atoms with van der Waals surface area (Å²) in [4.78, 5) is 19.6. The first-order valence-electron chi connectivity index (χ1n) is 11.2. The van der Waals surface area contributed by atoms with Crippen LogP contribution in [0.25, 0.3) is 0 Å². The highest BCUT2D eigenvalue weighted by Crippen LogP contribution is 2.16. The highest BCUT2D eigenvalue weighted by molar-refractivity contribution is 6.01. The molecule has 1 saturated heterocycles. The van der Waals surface area contributed by atoms with Crippen LogP contribution in [0.1, 0.15) is 16.7 Å². The molecule has 3 aromatic carbocycles. The molecule has 0 unspecified atom stereocenters. The maximum atomic E-state index is 13.1. The Labute approximate surface area is 198 Å². The molecule has 7 heteroatoms. The number of hydrogen-bond acceptors (Lipinski definition) is 5. The quantitative estimate of drug-likeness (QED) is 0.353. The molecular formula is C27H27FN2O4. The lowest BCUT2D eigenvalue weighted by atomic mass is 10.0. The first kappa shape index (κ1) is 23.4. The van der Waals surface area contributed by atoms with E-state index in [2.05, 4.69) is 5.16 Å². The second kappa shape index (κ2) is 12.0. The van der Waals surface area contributed by atoms with E-state index < -0.39 is 0 Å². The van der Waals surface area contributed by atoms with Gasteiger partial charge in [-0.25, -0.2) is 4.39 Å². The zero-order chi connectivity index (χ0) is 23.6. The van der Waals surface area contributed by atoms with Crippen molar-refractivity contribution in [2.24, 2.45) is 5.16 Å². The number of oxime groups is 1. The standard InChI is InChI=1S/C27H27FN2O4/c28-24-10-6-22(7-11-24)19-34-29-26(18-21-4-2-1-3-5-21)23-8-12-25(13-9-23)33-20-27(31)30-14-16-32-17-15-30/h1-13H,14-20H2/b29-26+. The van der Waals surface area contributed by atoms with E-state index in [-0.39, 0.29) is 24.9 Å². The van der Waals surface area contributed by atoms with Gasteiger partial charge in [0.15, 0.2) is 6.61 Å². The predicted octanol–water partition coefficient (Wildman–Crippen LogP) is 4.23. The van der Waals surface area contributed by atoms with Crippen molar-refractivity contribution in [2.45, 2.75) is 13.0 Å². The molecule has 1 heterocycles. The Balaban J connectivity index is 1.41. The Morgan fingerprint density at radius 3 is 2.32 bits per heavy atom. The van der Waals surface area contributed by atoms with Crippen LogP contribution in [0.15, 0.2) is 84.0 Å². The number of halogens is 1. The van der Waals surface area contributed by atoms with Gasteiger partial charge in [0.05, 0.1) is 18.9 Å². The molecule has 1 fully saturated rings. The molecule has 1 amide bonds. The number of ether oxygens (including phenoxy) is 2. The molecule has 1 aliphatic heterocycles. The molecule has 0 radical (unpaired) electrons. The second-order valence-electron chi connectivity index (χ2n) is 7.91. The first-order valence-corrected chi connectivity index (χ1v) is 11.2. The van der Waals surface area contributed by atoms with Gasteiger partial charge in [-0.15, -0.1) is 0 Å². The second-order valence-corrected chi connectivity index (χ2v) is 7.91. The van der Waals surface area contributed by atoms with Crippen LogP contribution in [-0.4, -0.2) is 49.4 Å². The van der Waals surface area contributed by atoms with E-state index >= 15 is 0 Å². The first-order chi connectivity index (χ1) is 16.7. The summed E-state index contributed by atoms with van der Waals surface area (Å²) in [7, 11) is 0. The predicted molar refractivity (Wildman–Crippen MR) is 127 cm³/mol. The van der Waals surface area contributed by atoms with Crippen molar-refractivity contribution in [1.29, 1.82) is 0 Å². The van der Waals surface area contributed by atoms with Gasteiger partial charge in [-0.05, 0) is 53.1 Å². The lowest BCUT2D eigenvalue weighted by molar-refractivity contribution is -0.137. The van der Waals surface area contributed by atoms with E-state index in [0.29, 0.717) is 38.5 Å². The van der Waals surface area contributed by atoms with Crippen LogP contribution < -0.4 is 4.74 Å². The lowest BCUT2D eigenvalue weighted by Gasteiger charge is -2.26. The minimum atomic E-state index is -0.286. The molecule has 3 aromatic rings. The molecule has 6 nitrogen and oxygen atoms in total. The number of nitrogens with zero attached hydrogens (tertiary/aromatic N) is 2. The summed E-state index contributed by atoms with van der Waals surface area (Å²) in [6.07, 6.45) is 0.583. The average Bonchev–Trinajstić information content (AvgIpc) is 2.89. The maximum absolute atomic E-state index is 13.1. The van der Waals surface area contributed by atoms with Crippen LogP contribution in [0.4, 0.5) is 4.39 Å². The van der Waals surface area contributed by atoms with Gasteiger partial charge in [0.1, 0.15) is 18.2 Å². The summed E-state index contributed by atoms with van der Waals surface area (Å²) in [5.74, 6) is 0.274. The number of rotatable bonds is 9. The molecule has 0 aliphatic carbocycles. The Morgan fingerprint density at radius 2 is 1.62 bits per heavy atom. The van der Waals surface area contributed by atoms with Gasteiger partial charge < -0.3 is 19.2 Å². The molecule has 176 valence electrons. The van der Waals surface area contributed by atoms with Crippen molar-refractivity contribution in [2.75, 3.05) is 32.9 Å². The van der Waals surface area contributed by atoms with Crippen LogP contribution in [0, 0.1) is 5.82 Å². The van der Waals surface area contributed by atoms with Gasteiger partial charge >= 0.3 is 0 Å². The molecule has 0 bridgehead atoms. The third kappa shape index (κ3) is 6.89.